The number of hydrogen-bond donors (Lipinski definition) is 2. The van der Waals surface area contributed by atoms with E-state index < -0.39 is 0 Å². The lowest BCUT2D eigenvalue weighted by atomic mass is 9.89. The van der Waals surface area contributed by atoms with E-state index in [1.54, 1.807) is 7.11 Å². The first-order chi connectivity index (χ1) is 10.8. The Labute approximate surface area is 165 Å². The molecule has 0 aliphatic carbocycles. The molecule has 2 unspecified atom stereocenters. The summed E-state index contributed by atoms with van der Waals surface area (Å²) in [6.45, 7) is 15.1. The summed E-state index contributed by atoms with van der Waals surface area (Å²) in [5.74, 6) is 0.845. The van der Waals surface area contributed by atoms with Gasteiger partial charge in [0.2, 0.25) is 0 Å². The Hall–Kier alpha value is -0.120. The number of hydrogen-bond acceptors (Lipinski definition) is 4. The number of nitrogens with one attached hydrogen (secondary N) is 2. The zero-order valence-electron chi connectivity index (χ0n) is 16.6. The number of piperazine rings is 1. The van der Waals surface area contributed by atoms with E-state index in [1.165, 1.54) is 0 Å². The highest BCUT2D eigenvalue weighted by atomic mass is 127. The second-order valence-corrected chi connectivity index (χ2v) is 7.61. The predicted octanol–water partition coefficient (Wildman–Crippen LogP) is 1.47. The highest BCUT2D eigenvalue weighted by Crippen LogP contribution is 2.20. The molecule has 0 radical (unpaired) electrons. The molecule has 144 valence electrons. The molecule has 1 aliphatic heterocycles. The quantitative estimate of drug-likeness (QED) is 0.361. The first kappa shape index (κ1) is 23.9. The average Bonchev–Trinajstić information content (AvgIpc) is 2.50. The molecule has 1 saturated heterocycles. The van der Waals surface area contributed by atoms with Crippen molar-refractivity contribution in [1.82, 2.24) is 20.4 Å². The SMILES string of the molecule is CN=C(NCC(C)N1CCN(C)CC1)NCC(OC)C(C)(C)C.I. The van der Waals surface area contributed by atoms with Gasteiger partial charge in [0, 0.05) is 59.5 Å². The van der Waals surface area contributed by atoms with Crippen LogP contribution in [0.1, 0.15) is 27.7 Å². The van der Waals surface area contributed by atoms with Crippen LogP contribution in [0.4, 0.5) is 0 Å². The molecule has 2 atom stereocenters. The Kier molecular flexibility index (Phi) is 11.4. The van der Waals surface area contributed by atoms with Crippen LogP contribution in [-0.4, -0.2) is 88.4 Å². The Morgan fingerprint density at radius 3 is 2.12 bits per heavy atom. The third-order valence-corrected chi connectivity index (χ3v) is 4.66. The number of aliphatic imine (C=N–C) groups is 1. The van der Waals surface area contributed by atoms with E-state index in [4.69, 9.17) is 4.74 Å². The molecular formula is C17H38IN5O. The summed E-state index contributed by atoms with van der Waals surface area (Å²) in [4.78, 5) is 9.24. The van der Waals surface area contributed by atoms with Crippen molar-refractivity contribution in [3.05, 3.63) is 0 Å². The molecule has 0 spiro atoms. The van der Waals surface area contributed by atoms with Crippen molar-refractivity contribution < 1.29 is 4.74 Å². The van der Waals surface area contributed by atoms with Gasteiger partial charge in [-0.3, -0.25) is 9.89 Å². The fourth-order valence-electron chi connectivity index (χ4n) is 2.79. The maximum atomic E-state index is 5.58. The van der Waals surface area contributed by atoms with E-state index in [-0.39, 0.29) is 35.5 Å². The van der Waals surface area contributed by atoms with Gasteiger partial charge < -0.3 is 20.3 Å². The van der Waals surface area contributed by atoms with Crippen molar-refractivity contribution in [2.45, 2.75) is 39.8 Å². The molecule has 2 N–H and O–H groups in total. The Morgan fingerprint density at radius 1 is 1.12 bits per heavy atom. The summed E-state index contributed by atoms with van der Waals surface area (Å²) in [6, 6.07) is 0.503. The lowest BCUT2D eigenvalue weighted by Gasteiger charge is -2.36. The molecule has 1 aliphatic rings. The van der Waals surface area contributed by atoms with E-state index >= 15 is 0 Å². The number of methoxy groups -OCH3 is 1. The van der Waals surface area contributed by atoms with Crippen LogP contribution in [0.25, 0.3) is 0 Å². The van der Waals surface area contributed by atoms with Crippen molar-refractivity contribution in [1.29, 1.82) is 0 Å². The number of likely N-dealkylation sites (N-methyl/N-ethyl adjacent to an activating group) is 1. The van der Waals surface area contributed by atoms with Crippen LogP contribution in [0.15, 0.2) is 4.99 Å². The van der Waals surface area contributed by atoms with Crippen molar-refractivity contribution in [2.75, 3.05) is 60.5 Å². The Balaban J connectivity index is 0.00000529. The van der Waals surface area contributed by atoms with Crippen LogP contribution in [-0.2, 0) is 4.74 Å². The van der Waals surface area contributed by atoms with E-state index in [1.807, 2.05) is 7.05 Å². The third-order valence-electron chi connectivity index (χ3n) is 4.66. The highest BCUT2D eigenvalue weighted by Gasteiger charge is 2.24. The van der Waals surface area contributed by atoms with Crippen LogP contribution >= 0.6 is 24.0 Å². The van der Waals surface area contributed by atoms with Gasteiger partial charge in [-0.05, 0) is 19.4 Å². The van der Waals surface area contributed by atoms with Crippen LogP contribution in [0.3, 0.4) is 0 Å². The lowest BCUT2D eigenvalue weighted by molar-refractivity contribution is 0.0205. The maximum absolute atomic E-state index is 5.58. The largest absolute Gasteiger partial charge is 0.379 e. The van der Waals surface area contributed by atoms with E-state index in [0.717, 1.165) is 45.2 Å². The topological polar surface area (TPSA) is 52.1 Å². The summed E-state index contributed by atoms with van der Waals surface area (Å²) in [7, 11) is 5.77. The number of nitrogens with zero attached hydrogens (tertiary/aromatic N) is 3. The van der Waals surface area contributed by atoms with Crippen molar-refractivity contribution in [3.63, 3.8) is 0 Å². The molecule has 24 heavy (non-hydrogen) atoms. The summed E-state index contributed by atoms with van der Waals surface area (Å²) in [6.07, 6.45) is 0.149. The van der Waals surface area contributed by atoms with Gasteiger partial charge in [0.15, 0.2) is 5.96 Å². The van der Waals surface area contributed by atoms with Crippen LogP contribution in [0.5, 0.6) is 0 Å². The van der Waals surface area contributed by atoms with Crippen LogP contribution < -0.4 is 10.6 Å². The molecule has 6 nitrogen and oxygen atoms in total. The monoisotopic (exact) mass is 455 g/mol. The predicted molar refractivity (Wildman–Crippen MR) is 114 cm³/mol. The van der Waals surface area contributed by atoms with Gasteiger partial charge in [-0.15, -0.1) is 24.0 Å². The van der Waals surface area contributed by atoms with Gasteiger partial charge in [-0.2, -0.15) is 0 Å². The second kappa shape index (κ2) is 11.5. The molecule has 0 aromatic heterocycles. The van der Waals surface area contributed by atoms with Gasteiger partial charge in [0.1, 0.15) is 0 Å². The summed E-state index contributed by atoms with van der Waals surface area (Å²) in [5.41, 5.74) is 0.105. The fourth-order valence-corrected chi connectivity index (χ4v) is 2.79. The van der Waals surface area contributed by atoms with E-state index in [9.17, 15) is 0 Å². The lowest BCUT2D eigenvalue weighted by Crippen LogP contribution is -2.53. The zero-order valence-corrected chi connectivity index (χ0v) is 18.9. The highest BCUT2D eigenvalue weighted by molar-refractivity contribution is 14.0. The molecule has 0 aromatic carbocycles. The summed E-state index contributed by atoms with van der Waals surface area (Å²) in [5, 5.41) is 6.82. The normalized spacial score (nSPS) is 20.2. The molecular weight excluding hydrogens is 417 g/mol. The molecule has 0 bridgehead atoms. The van der Waals surface area contributed by atoms with E-state index in [0.29, 0.717) is 6.04 Å². The zero-order chi connectivity index (χ0) is 17.5. The standard InChI is InChI=1S/C17H37N5O.HI/c1-14(22-10-8-21(6)9-11-22)12-19-16(18-5)20-13-15(23-7)17(2,3)4;/h14-15H,8-13H2,1-7H3,(H2,18,19,20);1H. The number of ether oxygens (including phenoxy) is 1. The Morgan fingerprint density at radius 2 is 1.67 bits per heavy atom. The molecule has 1 fully saturated rings. The molecule has 1 rings (SSSR count). The van der Waals surface area contributed by atoms with Crippen molar-refractivity contribution in [3.8, 4) is 0 Å². The smallest absolute Gasteiger partial charge is 0.191 e. The number of rotatable bonds is 6. The second-order valence-electron chi connectivity index (χ2n) is 7.61. The van der Waals surface area contributed by atoms with Gasteiger partial charge in [0.05, 0.1) is 6.10 Å². The number of halogens is 1. The average molecular weight is 455 g/mol. The third kappa shape index (κ3) is 8.31. The van der Waals surface area contributed by atoms with Crippen molar-refractivity contribution in [2.24, 2.45) is 10.4 Å². The Bertz CT molecular complexity index is 364. The van der Waals surface area contributed by atoms with Crippen LogP contribution in [0, 0.1) is 5.41 Å². The minimum Gasteiger partial charge on any atom is -0.379 e. The van der Waals surface area contributed by atoms with Gasteiger partial charge in [-0.25, -0.2) is 0 Å². The van der Waals surface area contributed by atoms with Gasteiger partial charge in [0.25, 0.3) is 0 Å². The summed E-state index contributed by atoms with van der Waals surface area (Å²) < 4.78 is 5.58. The van der Waals surface area contributed by atoms with Crippen molar-refractivity contribution >= 4 is 29.9 Å². The minimum atomic E-state index is 0. The fraction of sp³-hybridized carbons (Fsp3) is 0.941. The first-order valence-corrected chi connectivity index (χ1v) is 8.67. The van der Waals surface area contributed by atoms with E-state index in [2.05, 4.69) is 60.2 Å². The molecule has 0 aromatic rings. The first-order valence-electron chi connectivity index (χ1n) is 8.67. The van der Waals surface area contributed by atoms with Gasteiger partial charge in [-0.1, -0.05) is 20.8 Å². The molecule has 1 heterocycles. The van der Waals surface area contributed by atoms with Crippen LogP contribution in [0.2, 0.25) is 0 Å². The molecule has 0 amide bonds. The summed E-state index contributed by atoms with van der Waals surface area (Å²) >= 11 is 0. The van der Waals surface area contributed by atoms with Gasteiger partial charge >= 0.3 is 0 Å². The maximum Gasteiger partial charge on any atom is 0.191 e. The molecule has 0 saturated carbocycles. The number of guanidine groups is 1. The minimum absolute atomic E-state index is 0. The molecule has 7 heteroatoms.